The molecule has 4 saturated carbocycles. The Kier molecular flexibility index (Phi) is 11.0. The maximum Gasteiger partial charge on any atom is 0.264 e. The average Bonchev–Trinajstić information content (AvgIpc) is 1.51. The number of hydrogen-bond acceptors (Lipinski definition) is 5. The molecule has 4 nitrogen and oxygen atoms in total. The van der Waals surface area contributed by atoms with Crippen LogP contribution in [0.2, 0.25) is 0 Å². The van der Waals surface area contributed by atoms with Crippen molar-refractivity contribution in [1.82, 2.24) is 0 Å². The summed E-state index contributed by atoms with van der Waals surface area (Å²) < 4.78 is 10.1. The van der Waals surface area contributed by atoms with Gasteiger partial charge in [-0.2, -0.15) is 0 Å². The Morgan fingerprint density at radius 2 is 1.25 bits per heavy atom. The van der Waals surface area contributed by atoms with Gasteiger partial charge in [-0.3, -0.25) is 0 Å². The summed E-state index contributed by atoms with van der Waals surface area (Å²) in [5.41, 5.74) is 29.2. The van der Waals surface area contributed by atoms with E-state index in [1.807, 2.05) is 0 Å². The lowest BCUT2D eigenvalue weighted by Crippen LogP contribution is -2.64. The molecule has 19 rings (SSSR count). The van der Waals surface area contributed by atoms with E-state index in [2.05, 4.69) is 234 Å². The lowest BCUT2D eigenvalue weighted by atomic mass is 9.36. The number of hydrogen-bond donors (Lipinski definition) is 0. The van der Waals surface area contributed by atoms with Crippen molar-refractivity contribution in [2.75, 3.05) is 14.7 Å². The number of benzene rings is 8. The molecule has 0 radical (unpaired) electrons. The van der Waals surface area contributed by atoms with Gasteiger partial charge in [0, 0.05) is 70.3 Å². The summed E-state index contributed by atoms with van der Waals surface area (Å²) in [6.07, 6.45) is 18.9. The normalized spacial score (nSPS) is 25.6. The van der Waals surface area contributed by atoms with E-state index in [0.29, 0.717) is 17.8 Å². The van der Waals surface area contributed by atoms with Gasteiger partial charge in [-0.25, -0.2) is 0 Å². The second-order valence-electron chi connectivity index (χ2n) is 32.1. The number of furan rings is 1. The highest BCUT2D eigenvalue weighted by Crippen LogP contribution is 2.71. The van der Waals surface area contributed by atoms with Gasteiger partial charge in [0.15, 0.2) is 5.58 Å². The first kappa shape index (κ1) is 53.8. The van der Waals surface area contributed by atoms with Crippen molar-refractivity contribution in [1.29, 1.82) is 0 Å². The molecule has 2 aromatic heterocycles. The zero-order valence-electron chi connectivity index (χ0n) is 53.9. The van der Waals surface area contributed by atoms with Crippen LogP contribution in [0.1, 0.15) is 203 Å². The molecule has 446 valence electrons. The van der Waals surface area contributed by atoms with Crippen LogP contribution < -0.4 is 30.4 Å². The fourth-order valence-electron chi connectivity index (χ4n) is 21.3. The van der Waals surface area contributed by atoms with Crippen LogP contribution in [0, 0.1) is 11.8 Å². The van der Waals surface area contributed by atoms with Gasteiger partial charge in [0.2, 0.25) is 0 Å². The van der Waals surface area contributed by atoms with Gasteiger partial charge in [-0.15, -0.1) is 11.3 Å². The Morgan fingerprint density at radius 1 is 0.562 bits per heavy atom. The maximum atomic E-state index is 7.12. The van der Waals surface area contributed by atoms with Crippen molar-refractivity contribution in [2.24, 2.45) is 11.8 Å². The van der Waals surface area contributed by atoms with E-state index in [1.165, 1.54) is 171 Å². The molecule has 0 amide bonds. The fourth-order valence-corrected chi connectivity index (χ4v) is 22.6. The third kappa shape index (κ3) is 6.88. The molecule has 89 heavy (non-hydrogen) atoms. The van der Waals surface area contributed by atoms with Crippen LogP contribution in [0.15, 0.2) is 150 Å². The Hall–Kier alpha value is -7.02. The molecule has 5 heterocycles. The predicted molar refractivity (Wildman–Crippen MR) is 377 cm³/mol. The first-order valence-electron chi connectivity index (χ1n) is 34.6. The van der Waals surface area contributed by atoms with Crippen LogP contribution in [0.4, 0.5) is 45.5 Å². The lowest BCUT2D eigenvalue weighted by molar-refractivity contribution is 0.195. The highest BCUT2D eigenvalue weighted by Gasteiger charge is 2.64. The number of fused-ring (bicyclic) bond motifs is 16. The van der Waals surface area contributed by atoms with Gasteiger partial charge < -0.3 is 19.1 Å². The summed E-state index contributed by atoms with van der Waals surface area (Å²) in [6, 6.07) is 58.9. The predicted octanol–water partition coefficient (Wildman–Crippen LogP) is 21.4. The molecule has 2 bridgehead atoms. The van der Waals surface area contributed by atoms with E-state index in [9.17, 15) is 0 Å². The minimum Gasteiger partial charge on any atom is -0.454 e. The number of thiophene rings is 1. The van der Waals surface area contributed by atoms with Gasteiger partial charge in [-0.05, 0) is 216 Å². The number of rotatable bonds is 5. The number of nitrogens with zero attached hydrogens (tertiary/aromatic N) is 3. The van der Waals surface area contributed by atoms with Gasteiger partial charge in [-0.1, -0.05) is 172 Å². The van der Waals surface area contributed by atoms with Crippen LogP contribution in [0.3, 0.4) is 0 Å². The molecule has 1 spiro atoms. The summed E-state index contributed by atoms with van der Waals surface area (Å²) in [6.45, 7) is 22.6. The minimum atomic E-state index is -0.210. The number of para-hydroxylation sites is 2. The van der Waals surface area contributed by atoms with Crippen molar-refractivity contribution in [3.8, 4) is 11.1 Å². The van der Waals surface area contributed by atoms with E-state index in [0.717, 1.165) is 40.5 Å². The molecule has 10 aromatic rings. The van der Waals surface area contributed by atoms with E-state index in [-0.39, 0.29) is 39.3 Å². The Balaban J connectivity index is 0.936. The topological polar surface area (TPSA) is 22.9 Å². The summed E-state index contributed by atoms with van der Waals surface area (Å²) in [5, 5.41) is 3.76. The Morgan fingerprint density at radius 3 is 2.02 bits per heavy atom. The quantitative estimate of drug-likeness (QED) is 0.160. The Labute approximate surface area is 531 Å². The zero-order chi connectivity index (χ0) is 60.0. The van der Waals surface area contributed by atoms with Crippen molar-refractivity contribution >= 4 is 111 Å². The first-order valence-corrected chi connectivity index (χ1v) is 35.4. The first-order chi connectivity index (χ1) is 43.0. The molecule has 3 aliphatic heterocycles. The molecule has 6 aliphatic carbocycles. The van der Waals surface area contributed by atoms with Gasteiger partial charge in [0.25, 0.3) is 6.71 Å². The molecule has 9 aliphatic rings. The van der Waals surface area contributed by atoms with Crippen LogP contribution >= 0.6 is 11.3 Å². The molecule has 6 heteroatoms. The van der Waals surface area contributed by atoms with Crippen LogP contribution in [-0.4, -0.2) is 12.3 Å². The van der Waals surface area contributed by atoms with Gasteiger partial charge in [0.05, 0.1) is 28.3 Å². The molecule has 0 saturated heterocycles. The van der Waals surface area contributed by atoms with E-state index in [4.69, 9.17) is 4.42 Å². The average molecular weight is 1180 g/mol. The highest BCUT2D eigenvalue weighted by atomic mass is 32.1. The van der Waals surface area contributed by atoms with Crippen molar-refractivity contribution < 1.29 is 4.42 Å². The monoisotopic (exact) mass is 1180 g/mol. The van der Waals surface area contributed by atoms with Crippen molar-refractivity contribution in [3.05, 3.63) is 185 Å². The van der Waals surface area contributed by atoms with Gasteiger partial charge in [0.1, 0.15) is 5.58 Å². The van der Waals surface area contributed by atoms with Crippen molar-refractivity contribution in [2.45, 2.75) is 197 Å². The Bertz CT molecular complexity index is 4680. The summed E-state index contributed by atoms with van der Waals surface area (Å²) in [5.74, 6) is 1.89. The number of anilines is 8. The standard InChI is InChI=1S/C83H84BN3OS/c1-78(2,3)51-35-37-54(38-36-51)85(66-29-19-25-56-55-23-14-16-30-69(55)88-76(56)66)65-40-39-63-75-72(65)81(8)41-17-18-42-82(81,9)87(75)68-46-50(49-21-11-10-12-22-49)45-67-73(68)84(63)77-74(58-47-61-62(48-70(58)89-77)80(6,7)44-43-79(61,4)5)86(67)64-28-20-27-60-71(64)57-24-13-15-26-59(57)83(60)52-31-32-53(83)34-33-52/h13-16,19-20,23-30,35-40,45-49,52-53H,10-12,17-18,21-22,31-34,41-44H2,1-9H3. The molecular formula is C83H84BN3OS. The maximum absolute atomic E-state index is 7.12. The fraction of sp³-hybridized carbons (Fsp3) is 0.398. The summed E-state index contributed by atoms with van der Waals surface area (Å²) >= 11 is 2.13. The van der Waals surface area contributed by atoms with Gasteiger partial charge >= 0.3 is 0 Å². The lowest BCUT2D eigenvalue weighted by Gasteiger charge is -2.53. The third-order valence-electron chi connectivity index (χ3n) is 25.9. The van der Waals surface area contributed by atoms with Crippen molar-refractivity contribution in [3.63, 3.8) is 0 Å². The minimum absolute atomic E-state index is 0.0121. The zero-order valence-corrected chi connectivity index (χ0v) is 54.7. The van der Waals surface area contributed by atoms with E-state index >= 15 is 0 Å². The molecule has 2 unspecified atom stereocenters. The molecule has 8 aromatic carbocycles. The third-order valence-corrected chi connectivity index (χ3v) is 27.1. The molecule has 4 fully saturated rings. The SMILES string of the molecule is CC(C)(C)c1ccc(N(c2ccc3c4c2C2(C)CCCCC2(C)N4c2cc(C4CCCCC4)cc4c2B3c2sc3cc5c(cc3c2N4c2cccc3c2-c2ccccc2C32C3CCC2CC3)C(C)(C)CCC5(C)C)c2cccc3c2oc2ccccc23)cc1. The van der Waals surface area contributed by atoms with E-state index in [1.54, 1.807) is 27.8 Å². The highest BCUT2D eigenvalue weighted by molar-refractivity contribution is 7.33. The molecular weight excluding hydrogens is 1100 g/mol. The second-order valence-corrected chi connectivity index (χ2v) is 33.2. The summed E-state index contributed by atoms with van der Waals surface area (Å²) in [4.78, 5) is 8.62. The smallest absolute Gasteiger partial charge is 0.264 e. The van der Waals surface area contributed by atoms with Crippen LogP contribution in [0.25, 0.3) is 43.2 Å². The largest absolute Gasteiger partial charge is 0.454 e. The molecule has 0 N–H and O–H groups in total. The van der Waals surface area contributed by atoms with Crippen LogP contribution in [0.5, 0.6) is 0 Å². The molecule has 2 atom stereocenters. The van der Waals surface area contributed by atoms with E-state index < -0.39 is 0 Å². The van der Waals surface area contributed by atoms with Crippen LogP contribution in [-0.2, 0) is 27.1 Å². The second kappa shape index (κ2) is 18.1. The summed E-state index contributed by atoms with van der Waals surface area (Å²) in [7, 11) is 0.